The standard InChI is InChI=1S/C20H18Cl2N2S2/c21-16-11-17(22)13-18(12-16)23-20(25)24(14-19-7-4-10-26-19)9-8-15-5-2-1-3-6-15/h1-7,10-13H,8-9,14H2,(H,23,25). The molecule has 0 aliphatic carbocycles. The van der Waals surface area contributed by atoms with Gasteiger partial charge in [0.2, 0.25) is 0 Å². The van der Waals surface area contributed by atoms with Crippen LogP contribution in [0, 0.1) is 0 Å². The topological polar surface area (TPSA) is 15.3 Å². The molecule has 0 aliphatic rings. The molecule has 0 bridgehead atoms. The third-order valence-electron chi connectivity index (χ3n) is 3.84. The number of hydrogen-bond donors (Lipinski definition) is 1. The molecule has 6 heteroatoms. The Morgan fingerprint density at radius 3 is 2.38 bits per heavy atom. The maximum atomic E-state index is 6.09. The summed E-state index contributed by atoms with van der Waals surface area (Å²) in [6.07, 6.45) is 0.921. The van der Waals surface area contributed by atoms with E-state index in [1.807, 2.05) is 18.2 Å². The number of nitrogens with one attached hydrogen (secondary N) is 1. The van der Waals surface area contributed by atoms with E-state index in [0.717, 1.165) is 25.2 Å². The van der Waals surface area contributed by atoms with Crippen molar-refractivity contribution >= 4 is 57.6 Å². The summed E-state index contributed by atoms with van der Waals surface area (Å²) in [5.41, 5.74) is 2.08. The van der Waals surface area contributed by atoms with Gasteiger partial charge in [-0.3, -0.25) is 0 Å². The Hall–Kier alpha value is -1.59. The Balaban J connectivity index is 1.71. The second kappa shape index (κ2) is 9.38. The van der Waals surface area contributed by atoms with Crippen LogP contribution in [0.1, 0.15) is 10.4 Å². The first-order chi connectivity index (χ1) is 12.6. The molecule has 134 valence electrons. The first-order valence-corrected chi connectivity index (χ1v) is 10.2. The van der Waals surface area contributed by atoms with Crippen LogP contribution in [0.4, 0.5) is 5.69 Å². The van der Waals surface area contributed by atoms with Gasteiger partial charge in [0.05, 0.1) is 6.54 Å². The average molecular weight is 421 g/mol. The largest absolute Gasteiger partial charge is 0.344 e. The summed E-state index contributed by atoms with van der Waals surface area (Å²) in [5, 5.41) is 7.17. The van der Waals surface area contributed by atoms with Crippen LogP contribution in [-0.4, -0.2) is 16.6 Å². The number of halogens is 2. The normalized spacial score (nSPS) is 10.5. The maximum absolute atomic E-state index is 6.09. The van der Waals surface area contributed by atoms with Gasteiger partial charge in [-0.2, -0.15) is 0 Å². The third-order valence-corrected chi connectivity index (χ3v) is 5.50. The molecular formula is C20H18Cl2N2S2. The van der Waals surface area contributed by atoms with Crippen molar-refractivity contribution in [2.45, 2.75) is 13.0 Å². The Morgan fingerprint density at radius 1 is 1.00 bits per heavy atom. The highest BCUT2D eigenvalue weighted by molar-refractivity contribution is 7.80. The van der Waals surface area contributed by atoms with E-state index in [-0.39, 0.29) is 0 Å². The quantitative estimate of drug-likeness (QED) is 0.458. The Kier molecular flexibility index (Phi) is 6.92. The van der Waals surface area contributed by atoms with Gasteiger partial charge in [0, 0.05) is 27.2 Å². The number of rotatable bonds is 6. The summed E-state index contributed by atoms with van der Waals surface area (Å²) < 4.78 is 0. The molecule has 0 atom stereocenters. The SMILES string of the molecule is S=C(Nc1cc(Cl)cc(Cl)c1)N(CCc1ccccc1)Cc1cccs1. The second-order valence-corrected chi connectivity index (χ2v) is 8.12. The molecule has 0 aliphatic heterocycles. The lowest BCUT2D eigenvalue weighted by Gasteiger charge is -2.25. The predicted molar refractivity (Wildman–Crippen MR) is 118 cm³/mol. The molecule has 1 N–H and O–H groups in total. The monoisotopic (exact) mass is 420 g/mol. The Labute approximate surface area is 173 Å². The second-order valence-electron chi connectivity index (χ2n) is 5.82. The van der Waals surface area contributed by atoms with Gasteiger partial charge in [-0.05, 0) is 53.8 Å². The van der Waals surface area contributed by atoms with E-state index in [2.05, 4.69) is 52.0 Å². The molecule has 0 saturated carbocycles. The van der Waals surface area contributed by atoms with Gasteiger partial charge in [0.1, 0.15) is 0 Å². The lowest BCUT2D eigenvalue weighted by molar-refractivity contribution is 0.427. The van der Waals surface area contributed by atoms with Crippen LogP contribution >= 0.6 is 46.8 Å². The van der Waals surface area contributed by atoms with Gasteiger partial charge in [0.25, 0.3) is 0 Å². The summed E-state index contributed by atoms with van der Waals surface area (Å²) in [4.78, 5) is 3.44. The lowest BCUT2D eigenvalue weighted by atomic mass is 10.1. The van der Waals surface area contributed by atoms with Crippen molar-refractivity contribution in [2.24, 2.45) is 0 Å². The van der Waals surface area contributed by atoms with Gasteiger partial charge < -0.3 is 10.2 Å². The van der Waals surface area contributed by atoms with Crippen LogP contribution in [0.3, 0.4) is 0 Å². The molecule has 0 fully saturated rings. The van der Waals surface area contributed by atoms with E-state index in [1.54, 1.807) is 17.4 Å². The highest BCUT2D eigenvalue weighted by Crippen LogP contribution is 2.23. The minimum atomic E-state index is 0.580. The van der Waals surface area contributed by atoms with Crippen LogP contribution < -0.4 is 5.32 Å². The summed E-state index contributed by atoms with van der Waals surface area (Å²) in [5.74, 6) is 0. The predicted octanol–water partition coefficient (Wildman–Crippen LogP) is 6.50. The molecular weight excluding hydrogens is 403 g/mol. The average Bonchev–Trinajstić information content (AvgIpc) is 3.11. The smallest absolute Gasteiger partial charge is 0.173 e. The fourth-order valence-electron chi connectivity index (χ4n) is 2.58. The Morgan fingerprint density at radius 2 is 1.73 bits per heavy atom. The van der Waals surface area contributed by atoms with E-state index in [0.29, 0.717) is 15.2 Å². The number of nitrogens with zero attached hydrogens (tertiary/aromatic N) is 1. The molecule has 3 aromatic rings. The number of anilines is 1. The lowest BCUT2D eigenvalue weighted by Crippen LogP contribution is -2.35. The van der Waals surface area contributed by atoms with Crippen molar-refractivity contribution < 1.29 is 0 Å². The van der Waals surface area contributed by atoms with Crippen molar-refractivity contribution in [1.29, 1.82) is 0 Å². The van der Waals surface area contributed by atoms with Crippen LogP contribution in [0.2, 0.25) is 10.0 Å². The first-order valence-electron chi connectivity index (χ1n) is 8.18. The molecule has 0 amide bonds. The molecule has 0 spiro atoms. The van der Waals surface area contributed by atoms with E-state index in [9.17, 15) is 0 Å². The van der Waals surface area contributed by atoms with E-state index in [4.69, 9.17) is 35.4 Å². The van der Waals surface area contributed by atoms with Crippen LogP contribution in [0.5, 0.6) is 0 Å². The molecule has 3 rings (SSSR count). The van der Waals surface area contributed by atoms with Crippen molar-refractivity contribution in [1.82, 2.24) is 4.90 Å². The van der Waals surface area contributed by atoms with E-state index < -0.39 is 0 Å². The number of benzene rings is 2. The molecule has 0 radical (unpaired) electrons. The minimum Gasteiger partial charge on any atom is -0.344 e. The Bertz CT molecular complexity index is 831. The highest BCUT2D eigenvalue weighted by atomic mass is 35.5. The zero-order chi connectivity index (χ0) is 18.4. The van der Waals surface area contributed by atoms with E-state index >= 15 is 0 Å². The van der Waals surface area contributed by atoms with E-state index in [1.165, 1.54) is 10.4 Å². The zero-order valence-electron chi connectivity index (χ0n) is 14.0. The third kappa shape index (κ3) is 5.71. The first kappa shape index (κ1) is 19.2. The van der Waals surface area contributed by atoms with Gasteiger partial charge in [-0.25, -0.2) is 0 Å². The minimum absolute atomic E-state index is 0.580. The van der Waals surface area contributed by atoms with Crippen molar-refractivity contribution in [3.05, 3.63) is 86.5 Å². The van der Waals surface area contributed by atoms with Crippen LogP contribution in [0.25, 0.3) is 0 Å². The zero-order valence-corrected chi connectivity index (χ0v) is 17.1. The van der Waals surface area contributed by atoms with Crippen LogP contribution in [0.15, 0.2) is 66.0 Å². The summed E-state index contributed by atoms with van der Waals surface area (Å²) in [6, 6.07) is 19.9. The van der Waals surface area contributed by atoms with Gasteiger partial charge >= 0.3 is 0 Å². The highest BCUT2D eigenvalue weighted by Gasteiger charge is 2.12. The van der Waals surface area contributed by atoms with Crippen molar-refractivity contribution in [2.75, 3.05) is 11.9 Å². The molecule has 2 nitrogen and oxygen atoms in total. The molecule has 26 heavy (non-hydrogen) atoms. The summed E-state index contributed by atoms with van der Waals surface area (Å²) >= 11 is 19.6. The van der Waals surface area contributed by atoms with Crippen molar-refractivity contribution in [3.63, 3.8) is 0 Å². The van der Waals surface area contributed by atoms with Gasteiger partial charge in [-0.1, -0.05) is 59.6 Å². The molecule has 1 heterocycles. The summed E-state index contributed by atoms with van der Waals surface area (Å²) in [7, 11) is 0. The van der Waals surface area contributed by atoms with Crippen LogP contribution in [-0.2, 0) is 13.0 Å². The maximum Gasteiger partial charge on any atom is 0.173 e. The van der Waals surface area contributed by atoms with Gasteiger partial charge in [0.15, 0.2) is 5.11 Å². The van der Waals surface area contributed by atoms with Gasteiger partial charge in [-0.15, -0.1) is 11.3 Å². The number of thiophene rings is 1. The fourth-order valence-corrected chi connectivity index (χ4v) is 4.10. The van der Waals surface area contributed by atoms with Crippen molar-refractivity contribution in [3.8, 4) is 0 Å². The summed E-state index contributed by atoms with van der Waals surface area (Å²) in [6.45, 7) is 1.59. The molecule has 0 unspecified atom stereocenters. The number of hydrogen-bond acceptors (Lipinski definition) is 2. The molecule has 0 saturated heterocycles. The number of thiocarbonyl (C=S) groups is 1. The fraction of sp³-hybridized carbons (Fsp3) is 0.150. The molecule has 1 aromatic heterocycles. The molecule has 2 aromatic carbocycles.